The molecule has 2 amide bonds. The molecule has 0 spiro atoms. The summed E-state index contributed by atoms with van der Waals surface area (Å²) >= 11 is 0. The van der Waals surface area contributed by atoms with Crippen LogP contribution in [0.1, 0.15) is 24.0 Å². The highest BCUT2D eigenvalue weighted by molar-refractivity contribution is 6.02. The van der Waals surface area contributed by atoms with E-state index >= 15 is 0 Å². The third-order valence-corrected chi connectivity index (χ3v) is 3.78. The molecule has 0 bridgehead atoms. The number of rotatable bonds is 4. The van der Waals surface area contributed by atoms with Gasteiger partial charge in [0.05, 0.1) is 19.2 Å². The van der Waals surface area contributed by atoms with Crippen molar-refractivity contribution in [1.82, 2.24) is 4.90 Å². The molecule has 2 rings (SSSR count). The molecule has 1 aromatic rings. The lowest BCUT2D eigenvalue weighted by atomic mass is 10.1. The number of benzene rings is 1. The number of amides is 2. The van der Waals surface area contributed by atoms with Crippen LogP contribution in [0.25, 0.3) is 0 Å². The first-order valence-corrected chi connectivity index (χ1v) is 7.05. The van der Waals surface area contributed by atoms with Crippen molar-refractivity contribution in [2.45, 2.75) is 26.7 Å². The Bertz CT molecular complexity index is 586. The van der Waals surface area contributed by atoms with Gasteiger partial charge < -0.3 is 4.90 Å². The van der Waals surface area contributed by atoms with E-state index in [-0.39, 0.29) is 24.9 Å². The lowest BCUT2D eigenvalue weighted by molar-refractivity contribution is -0.145. The molecule has 1 saturated heterocycles. The lowest BCUT2D eigenvalue weighted by Gasteiger charge is -2.34. The molecule has 110 valence electrons. The average molecular weight is 285 g/mol. The number of hydrogen-bond donors (Lipinski definition) is 0. The minimum absolute atomic E-state index is 0.192. The molecule has 1 fully saturated rings. The Balaban J connectivity index is 2.07. The van der Waals surface area contributed by atoms with Gasteiger partial charge in [-0.1, -0.05) is 6.07 Å². The van der Waals surface area contributed by atoms with Gasteiger partial charge in [0, 0.05) is 18.7 Å². The molecule has 0 unspecified atom stereocenters. The van der Waals surface area contributed by atoms with Gasteiger partial charge in [-0.05, 0) is 43.5 Å². The van der Waals surface area contributed by atoms with Crippen molar-refractivity contribution in [2.24, 2.45) is 0 Å². The molecule has 1 heterocycles. The van der Waals surface area contributed by atoms with Gasteiger partial charge in [0.2, 0.25) is 11.8 Å². The zero-order valence-electron chi connectivity index (χ0n) is 12.4. The number of carbonyl (C=O) groups is 2. The van der Waals surface area contributed by atoms with E-state index in [0.29, 0.717) is 19.4 Å². The molecule has 0 saturated carbocycles. The van der Waals surface area contributed by atoms with Crippen LogP contribution >= 0.6 is 0 Å². The Labute approximate surface area is 124 Å². The SMILES string of the molecule is Cc1ccc(N2CC(=O)N(CCCC#N)C(=O)C2)cc1C. The molecule has 1 aliphatic heterocycles. The topological polar surface area (TPSA) is 64.4 Å². The molecule has 5 heteroatoms. The number of nitriles is 1. The van der Waals surface area contributed by atoms with E-state index in [1.165, 1.54) is 10.5 Å². The summed E-state index contributed by atoms with van der Waals surface area (Å²) in [5.74, 6) is -0.384. The highest BCUT2D eigenvalue weighted by atomic mass is 16.2. The summed E-state index contributed by atoms with van der Waals surface area (Å²) in [5.41, 5.74) is 3.23. The van der Waals surface area contributed by atoms with Gasteiger partial charge in [-0.15, -0.1) is 0 Å². The highest BCUT2D eigenvalue weighted by Gasteiger charge is 2.30. The van der Waals surface area contributed by atoms with Crippen molar-refractivity contribution < 1.29 is 9.59 Å². The van der Waals surface area contributed by atoms with Gasteiger partial charge in [-0.3, -0.25) is 14.5 Å². The predicted molar refractivity (Wildman–Crippen MR) is 79.7 cm³/mol. The van der Waals surface area contributed by atoms with Crippen LogP contribution in [0.5, 0.6) is 0 Å². The van der Waals surface area contributed by atoms with E-state index < -0.39 is 0 Å². The first-order chi connectivity index (χ1) is 10.0. The summed E-state index contributed by atoms with van der Waals surface area (Å²) in [6.07, 6.45) is 0.898. The summed E-state index contributed by atoms with van der Waals surface area (Å²) in [6, 6.07) is 7.96. The minimum Gasteiger partial charge on any atom is -0.353 e. The zero-order valence-corrected chi connectivity index (χ0v) is 12.4. The van der Waals surface area contributed by atoms with E-state index in [1.807, 2.05) is 38.1 Å². The molecule has 1 aromatic carbocycles. The van der Waals surface area contributed by atoms with E-state index in [1.54, 1.807) is 4.90 Å². The van der Waals surface area contributed by atoms with Crippen LogP contribution in [0, 0.1) is 25.2 Å². The number of carbonyl (C=O) groups excluding carboxylic acids is 2. The summed E-state index contributed by atoms with van der Waals surface area (Å²) < 4.78 is 0. The molecule has 0 atom stereocenters. The van der Waals surface area contributed by atoms with Gasteiger partial charge in [0.1, 0.15) is 0 Å². The fourth-order valence-electron chi connectivity index (χ4n) is 2.36. The number of aryl methyl sites for hydroxylation is 2. The van der Waals surface area contributed by atoms with Crippen LogP contribution in [0.15, 0.2) is 18.2 Å². The van der Waals surface area contributed by atoms with Crippen LogP contribution in [-0.4, -0.2) is 36.3 Å². The molecule has 0 aromatic heterocycles. The fourth-order valence-corrected chi connectivity index (χ4v) is 2.36. The fraction of sp³-hybridized carbons (Fsp3) is 0.438. The first kappa shape index (κ1) is 15.0. The molecule has 0 N–H and O–H groups in total. The van der Waals surface area contributed by atoms with Gasteiger partial charge >= 0.3 is 0 Å². The maximum absolute atomic E-state index is 12.1. The summed E-state index contributed by atoms with van der Waals surface area (Å²) in [7, 11) is 0. The lowest BCUT2D eigenvalue weighted by Crippen LogP contribution is -2.54. The molecule has 1 aliphatic rings. The van der Waals surface area contributed by atoms with Gasteiger partial charge in [-0.2, -0.15) is 5.26 Å². The Hall–Kier alpha value is -2.35. The third kappa shape index (κ3) is 3.40. The van der Waals surface area contributed by atoms with Crippen molar-refractivity contribution in [1.29, 1.82) is 5.26 Å². The van der Waals surface area contributed by atoms with Crippen molar-refractivity contribution in [3.63, 3.8) is 0 Å². The summed E-state index contributed by atoms with van der Waals surface area (Å²) in [4.78, 5) is 27.3. The van der Waals surface area contributed by atoms with Crippen LogP contribution < -0.4 is 4.90 Å². The second-order valence-electron chi connectivity index (χ2n) is 5.33. The maximum atomic E-state index is 12.1. The van der Waals surface area contributed by atoms with Gasteiger partial charge in [0.25, 0.3) is 0 Å². The Morgan fingerprint density at radius 3 is 2.38 bits per heavy atom. The van der Waals surface area contributed by atoms with E-state index in [2.05, 4.69) is 0 Å². The number of anilines is 1. The van der Waals surface area contributed by atoms with Crippen LogP contribution in [0.2, 0.25) is 0 Å². The molecular formula is C16H19N3O2. The molecular weight excluding hydrogens is 266 g/mol. The monoisotopic (exact) mass is 285 g/mol. The standard InChI is InChI=1S/C16H19N3O2/c1-12-5-6-14(9-13(12)2)18-10-15(20)19(16(21)11-18)8-4-3-7-17/h5-6,9H,3-4,8,10-11H2,1-2H3. The molecule has 21 heavy (non-hydrogen) atoms. The smallest absolute Gasteiger partial charge is 0.248 e. The number of nitrogens with zero attached hydrogens (tertiary/aromatic N) is 3. The van der Waals surface area contributed by atoms with E-state index in [0.717, 1.165) is 11.3 Å². The summed E-state index contributed by atoms with van der Waals surface area (Å²) in [5, 5.41) is 8.52. The first-order valence-electron chi connectivity index (χ1n) is 7.05. The predicted octanol–water partition coefficient (Wildman–Crippen LogP) is 1.78. The van der Waals surface area contributed by atoms with Gasteiger partial charge in [-0.25, -0.2) is 0 Å². The van der Waals surface area contributed by atoms with Crippen molar-refractivity contribution >= 4 is 17.5 Å². The second-order valence-corrected chi connectivity index (χ2v) is 5.33. The highest BCUT2D eigenvalue weighted by Crippen LogP contribution is 2.21. The minimum atomic E-state index is -0.192. The quantitative estimate of drug-likeness (QED) is 0.625. The third-order valence-electron chi connectivity index (χ3n) is 3.78. The second kappa shape index (κ2) is 6.40. The Kier molecular flexibility index (Phi) is 4.59. The number of piperazine rings is 1. The largest absolute Gasteiger partial charge is 0.353 e. The average Bonchev–Trinajstić information content (AvgIpc) is 2.44. The van der Waals surface area contributed by atoms with Crippen LogP contribution in [-0.2, 0) is 9.59 Å². The van der Waals surface area contributed by atoms with Gasteiger partial charge in [0.15, 0.2) is 0 Å². The van der Waals surface area contributed by atoms with Crippen LogP contribution in [0.4, 0.5) is 5.69 Å². The van der Waals surface area contributed by atoms with Crippen molar-refractivity contribution in [2.75, 3.05) is 24.5 Å². The number of unbranched alkanes of at least 4 members (excludes halogenated alkanes) is 1. The maximum Gasteiger partial charge on any atom is 0.248 e. The van der Waals surface area contributed by atoms with Crippen molar-refractivity contribution in [3.8, 4) is 6.07 Å². The number of imide groups is 1. The molecule has 0 aliphatic carbocycles. The Morgan fingerprint density at radius 1 is 1.14 bits per heavy atom. The van der Waals surface area contributed by atoms with Crippen LogP contribution in [0.3, 0.4) is 0 Å². The van der Waals surface area contributed by atoms with Crippen molar-refractivity contribution in [3.05, 3.63) is 29.3 Å². The molecule has 5 nitrogen and oxygen atoms in total. The zero-order chi connectivity index (χ0) is 15.4. The van der Waals surface area contributed by atoms with E-state index in [9.17, 15) is 9.59 Å². The Morgan fingerprint density at radius 2 is 1.81 bits per heavy atom. The van der Waals surface area contributed by atoms with E-state index in [4.69, 9.17) is 5.26 Å². The normalized spacial score (nSPS) is 15.3. The number of hydrogen-bond acceptors (Lipinski definition) is 4. The summed E-state index contributed by atoms with van der Waals surface area (Å²) in [6.45, 7) is 4.80. The molecule has 0 radical (unpaired) electrons.